The van der Waals surface area contributed by atoms with Gasteiger partial charge in [0.2, 0.25) is 0 Å². The van der Waals surface area contributed by atoms with Gasteiger partial charge in [-0.3, -0.25) is 9.88 Å². The summed E-state index contributed by atoms with van der Waals surface area (Å²) in [7, 11) is 2.10. The number of aromatic nitrogens is 1. The van der Waals surface area contributed by atoms with Gasteiger partial charge in [0.15, 0.2) is 0 Å². The van der Waals surface area contributed by atoms with Crippen LogP contribution in [-0.2, 0) is 6.54 Å². The Labute approximate surface area is 146 Å². The lowest BCUT2D eigenvalue weighted by molar-refractivity contribution is 0.148. The Morgan fingerprint density at radius 3 is 2.64 bits per heavy atom. The van der Waals surface area contributed by atoms with Crippen molar-refractivity contribution in [2.24, 2.45) is 0 Å². The number of urea groups is 1. The molecule has 1 fully saturated rings. The van der Waals surface area contributed by atoms with Gasteiger partial charge in [-0.2, -0.15) is 0 Å². The molecule has 2 aromatic rings. The Morgan fingerprint density at radius 2 is 1.92 bits per heavy atom. The zero-order valence-electron chi connectivity index (χ0n) is 14.2. The summed E-state index contributed by atoms with van der Waals surface area (Å²) < 4.78 is 13.9. The smallest absolute Gasteiger partial charge is 0.308 e. The van der Waals surface area contributed by atoms with Crippen molar-refractivity contribution >= 4 is 17.4 Å². The van der Waals surface area contributed by atoms with Crippen LogP contribution < -0.4 is 10.6 Å². The van der Waals surface area contributed by atoms with Crippen LogP contribution in [0.15, 0.2) is 42.7 Å². The number of carbonyl (C=O) groups is 1. The first-order chi connectivity index (χ1) is 12.1. The lowest BCUT2D eigenvalue weighted by atomic mass is 10.1. The summed E-state index contributed by atoms with van der Waals surface area (Å²) in [5.41, 5.74) is 1.86. The number of carbonyl (C=O) groups excluding carboxylic acids is 1. The van der Waals surface area contributed by atoms with Crippen molar-refractivity contribution in [1.82, 2.24) is 14.8 Å². The molecule has 1 aliphatic heterocycles. The lowest BCUT2D eigenvalue weighted by Crippen LogP contribution is -2.43. The summed E-state index contributed by atoms with van der Waals surface area (Å²) >= 11 is 0. The summed E-state index contributed by atoms with van der Waals surface area (Å²) in [6, 6.07) is 7.68. The van der Waals surface area contributed by atoms with E-state index in [1.807, 2.05) is 6.07 Å². The first-order valence-electron chi connectivity index (χ1n) is 8.27. The minimum atomic E-state index is -0.427. The summed E-state index contributed by atoms with van der Waals surface area (Å²) in [6.07, 6.45) is 3.17. The molecule has 0 atom stereocenters. The highest BCUT2D eigenvalue weighted by molar-refractivity contribution is 5.99. The first kappa shape index (κ1) is 17.3. The van der Waals surface area contributed by atoms with E-state index < -0.39 is 6.03 Å². The Bertz CT molecular complexity index is 717. The second-order valence-electron chi connectivity index (χ2n) is 6.25. The highest BCUT2D eigenvalue weighted by Crippen LogP contribution is 2.17. The van der Waals surface area contributed by atoms with E-state index in [4.69, 9.17) is 0 Å². The van der Waals surface area contributed by atoms with Crippen molar-refractivity contribution in [1.29, 1.82) is 0 Å². The average Bonchev–Trinajstić information content (AvgIpc) is 2.57. The molecule has 0 aliphatic carbocycles. The average molecular weight is 343 g/mol. The minimum Gasteiger partial charge on any atom is -0.308 e. The summed E-state index contributed by atoms with van der Waals surface area (Å²) in [4.78, 5) is 20.5. The van der Waals surface area contributed by atoms with Crippen molar-refractivity contribution in [2.45, 2.75) is 6.54 Å². The number of likely N-dealkylation sites (N-methyl/N-ethyl adjacent to an activating group) is 1. The van der Waals surface area contributed by atoms with Gasteiger partial charge in [-0.25, -0.2) is 9.18 Å². The third kappa shape index (κ3) is 5.23. The third-order valence-corrected chi connectivity index (χ3v) is 4.14. The monoisotopic (exact) mass is 343 g/mol. The largest absolute Gasteiger partial charge is 0.323 e. The maximum atomic E-state index is 13.9. The Balaban J connectivity index is 1.62. The summed E-state index contributed by atoms with van der Waals surface area (Å²) in [5, 5.41) is 5.34. The quantitative estimate of drug-likeness (QED) is 0.896. The van der Waals surface area contributed by atoms with Crippen molar-refractivity contribution in [3.63, 3.8) is 0 Å². The molecule has 0 unspecified atom stereocenters. The van der Waals surface area contributed by atoms with E-state index in [1.54, 1.807) is 24.5 Å². The highest BCUT2D eigenvalue weighted by Gasteiger charge is 2.15. The van der Waals surface area contributed by atoms with E-state index >= 15 is 0 Å². The molecule has 0 spiro atoms. The molecular weight excluding hydrogens is 321 g/mol. The van der Waals surface area contributed by atoms with E-state index in [9.17, 15) is 9.18 Å². The molecule has 1 aliphatic rings. The molecule has 1 aromatic heterocycles. The fourth-order valence-corrected chi connectivity index (χ4v) is 2.81. The molecular formula is C18H22FN5O. The Morgan fingerprint density at radius 1 is 1.16 bits per heavy atom. The van der Waals surface area contributed by atoms with Gasteiger partial charge in [0.1, 0.15) is 5.82 Å². The van der Waals surface area contributed by atoms with E-state index in [0.717, 1.165) is 31.7 Å². The number of piperazine rings is 1. The molecule has 0 saturated carbocycles. The van der Waals surface area contributed by atoms with Crippen LogP contribution in [0.3, 0.4) is 0 Å². The van der Waals surface area contributed by atoms with E-state index in [2.05, 4.69) is 32.5 Å². The third-order valence-electron chi connectivity index (χ3n) is 4.14. The van der Waals surface area contributed by atoms with Gasteiger partial charge in [-0.1, -0.05) is 0 Å². The van der Waals surface area contributed by atoms with Crippen LogP contribution >= 0.6 is 0 Å². The zero-order valence-corrected chi connectivity index (χ0v) is 14.2. The van der Waals surface area contributed by atoms with Gasteiger partial charge in [-0.05, 0) is 42.9 Å². The molecule has 3 rings (SSSR count). The SMILES string of the molecule is CN1CCN(Cc2cc(F)cc(NC(=O)Nc3cccnc3)c2)CC1. The molecule has 1 aromatic carbocycles. The molecule has 132 valence electrons. The minimum absolute atomic E-state index is 0.358. The number of anilines is 2. The molecule has 2 N–H and O–H groups in total. The van der Waals surface area contributed by atoms with Crippen LogP contribution in [0.4, 0.5) is 20.6 Å². The van der Waals surface area contributed by atoms with Crippen LogP contribution in [-0.4, -0.2) is 54.0 Å². The van der Waals surface area contributed by atoms with Gasteiger partial charge < -0.3 is 15.5 Å². The fraction of sp³-hybridized carbons (Fsp3) is 0.333. The normalized spacial score (nSPS) is 15.8. The molecule has 2 heterocycles. The number of nitrogens with one attached hydrogen (secondary N) is 2. The Hall–Kier alpha value is -2.51. The second kappa shape index (κ2) is 8.04. The molecule has 25 heavy (non-hydrogen) atoms. The van der Waals surface area contributed by atoms with Crippen molar-refractivity contribution < 1.29 is 9.18 Å². The molecule has 6 nitrogen and oxygen atoms in total. The van der Waals surface area contributed by atoms with Crippen LogP contribution in [0.2, 0.25) is 0 Å². The van der Waals surface area contributed by atoms with Crippen molar-refractivity contribution in [2.75, 3.05) is 43.9 Å². The van der Waals surface area contributed by atoms with E-state index in [0.29, 0.717) is 17.9 Å². The number of rotatable bonds is 4. The predicted molar refractivity (Wildman–Crippen MR) is 96.1 cm³/mol. The number of amides is 2. The number of hydrogen-bond donors (Lipinski definition) is 2. The van der Waals surface area contributed by atoms with Crippen LogP contribution in [0, 0.1) is 5.82 Å². The van der Waals surface area contributed by atoms with Gasteiger partial charge in [0.05, 0.1) is 11.9 Å². The topological polar surface area (TPSA) is 60.5 Å². The van der Waals surface area contributed by atoms with Crippen molar-refractivity contribution in [3.8, 4) is 0 Å². The van der Waals surface area contributed by atoms with Gasteiger partial charge in [0, 0.05) is 44.6 Å². The van der Waals surface area contributed by atoms with Crippen LogP contribution in [0.25, 0.3) is 0 Å². The molecule has 2 amide bonds. The Kier molecular flexibility index (Phi) is 5.57. The number of benzene rings is 1. The maximum Gasteiger partial charge on any atom is 0.323 e. The predicted octanol–water partition coefficient (Wildman–Crippen LogP) is 2.61. The van der Waals surface area contributed by atoms with E-state index in [-0.39, 0.29) is 5.82 Å². The van der Waals surface area contributed by atoms with Gasteiger partial charge >= 0.3 is 6.03 Å². The summed E-state index contributed by atoms with van der Waals surface area (Å²) in [5.74, 6) is -0.358. The maximum absolute atomic E-state index is 13.9. The van der Waals surface area contributed by atoms with Crippen LogP contribution in [0.1, 0.15) is 5.56 Å². The first-order valence-corrected chi connectivity index (χ1v) is 8.27. The molecule has 1 saturated heterocycles. The lowest BCUT2D eigenvalue weighted by Gasteiger charge is -2.32. The summed E-state index contributed by atoms with van der Waals surface area (Å²) in [6.45, 7) is 4.60. The van der Waals surface area contributed by atoms with Gasteiger partial charge in [0.25, 0.3) is 0 Å². The number of nitrogens with zero attached hydrogens (tertiary/aromatic N) is 3. The van der Waals surface area contributed by atoms with Crippen LogP contribution in [0.5, 0.6) is 0 Å². The van der Waals surface area contributed by atoms with Gasteiger partial charge in [-0.15, -0.1) is 0 Å². The van der Waals surface area contributed by atoms with Crippen molar-refractivity contribution in [3.05, 3.63) is 54.1 Å². The number of halogens is 1. The zero-order chi connectivity index (χ0) is 17.6. The van der Waals surface area contributed by atoms with E-state index in [1.165, 1.54) is 12.1 Å². The highest BCUT2D eigenvalue weighted by atomic mass is 19.1. The molecule has 7 heteroatoms. The second-order valence-corrected chi connectivity index (χ2v) is 6.25. The number of hydrogen-bond acceptors (Lipinski definition) is 4. The molecule has 0 radical (unpaired) electrons. The molecule has 0 bridgehead atoms. The number of pyridine rings is 1. The standard InChI is InChI=1S/C18H22FN5O/c1-23-5-7-24(8-6-23)13-14-9-15(19)11-17(10-14)22-18(25)21-16-3-2-4-20-12-16/h2-4,9-12H,5-8,13H2,1H3,(H2,21,22,25). The fourth-order valence-electron chi connectivity index (χ4n) is 2.81.